The normalized spacial score (nSPS) is 10.2. The van der Waals surface area contributed by atoms with Gasteiger partial charge in [0.15, 0.2) is 0 Å². The van der Waals surface area contributed by atoms with Gasteiger partial charge in [-0.3, -0.25) is 14.2 Å². The van der Waals surface area contributed by atoms with E-state index < -0.39 is 4.92 Å². The molecule has 23 heavy (non-hydrogen) atoms. The molecule has 2 amide bonds. The van der Waals surface area contributed by atoms with Crippen molar-refractivity contribution in [1.29, 1.82) is 0 Å². The monoisotopic (exact) mass is 317 g/mol. The molecule has 0 atom stereocenters. The zero-order valence-electron chi connectivity index (χ0n) is 12.6. The summed E-state index contributed by atoms with van der Waals surface area (Å²) in [5, 5.41) is 15.9. The van der Waals surface area contributed by atoms with Crippen molar-refractivity contribution in [3.05, 3.63) is 46.4 Å². The highest BCUT2D eigenvalue weighted by Crippen LogP contribution is 2.14. The lowest BCUT2D eigenvalue weighted by atomic mass is 10.2. The summed E-state index contributed by atoms with van der Waals surface area (Å²) in [5.41, 5.74) is 1.17. The number of amides is 2. The second kappa shape index (κ2) is 6.69. The molecule has 1 heterocycles. The molecule has 0 fully saturated rings. The van der Waals surface area contributed by atoms with Crippen LogP contribution in [0.15, 0.2) is 30.5 Å². The maximum atomic E-state index is 12.0. The van der Waals surface area contributed by atoms with Crippen LogP contribution in [0, 0.1) is 17.0 Å². The zero-order chi connectivity index (χ0) is 17.0. The molecule has 9 nitrogen and oxygen atoms in total. The number of anilines is 2. The largest absolute Gasteiger partial charge is 0.381 e. The van der Waals surface area contributed by atoms with Gasteiger partial charge in [0, 0.05) is 25.2 Å². The third-order valence-corrected chi connectivity index (χ3v) is 2.95. The molecule has 2 aromatic rings. The topological polar surface area (TPSA) is 119 Å². The van der Waals surface area contributed by atoms with Crippen molar-refractivity contribution in [2.24, 2.45) is 0 Å². The van der Waals surface area contributed by atoms with Crippen molar-refractivity contribution >= 4 is 29.0 Å². The molecule has 2 rings (SSSR count). The van der Waals surface area contributed by atoms with Crippen LogP contribution in [0.5, 0.6) is 0 Å². The molecular weight excluding hydrogens is 302 g/mol. The number of hydrogen-bond donors (Lipinski definition) is 2. The summed E-state index contributed by atoms with van der Waals surface area (Å²) in [6.45, 7) is 2.91. The lowest BCUT2D eigenvalue weighted by Gasteiger charge is -2.07. The van der Waals surface area contributed by atoms with E-state index in [0.717, 1.165) is 0 Å². The van der Waals surface area contributed by atoms with E-state index in [-0.39, 0.29) is 24.2 Å². The van der Waals surface area contributed by atoms with Crippen molar-refractivity contribution in [1.82, 2.24) is 9.55 Å². The van der Waals surface area contributed by atoms with Crippen LogP contribution in [0.3, 0.4) is 0 Å². The Morgan fingerprint density at radius 3 is 2.26 bits per heavy atom. The molecule has 1 aromatic carbocycles. The minimum Gasteiger partial charge on any atom is -0.358 e. The number of aryl methyl sites for hydroxylation is 1. The number of nitrogens with one attached hydrogen (secondary N) is 2. The highest BCUT2D eigenvalue weighted by molar-refractivity contribution is 5.92. The van der Waals surface area contributed by atoms with Gasteiger partial charge in [0.25, 0.3) is 0 Å². The molecule has 0 aliphatic heterocycles. The summed E-state index contributed by atoms with van der Waals surface area (Å²) in [5.74, 6) is -0.436. The van der Waals surface area contributed by atoms with Gasteiger partial charge >= 0.3 is 5.82 Å². The Bertz CT molecular complexity index is 751. The predicted octanol–water partition coefficient (Wildman–Crippen LogP) is 1.70. The highest BCUT2D eigenvalue weighted by atomic mass is 16.6. The minimum absolute atomic E-state index is 0.0832. The summed E-state index contributed by atoms with van der Waals surface area (Å²) in [4.78, 5) is 36.7. The Kier molecular flexibility index (Phi) is 4.69. The molecule has 0 saturated heterocycles. The van der Waals surface area contributed by atoms with Gasteiger partial charge < -0.3 is 20.7 Å². The molecule has 0 saturated carbocycles. The molecular formula is C14H15N5O4. The van der Waals surface area contributed by atoms with Crippen LogP contribution < -0.4 is 10.6 Å². The van der Waals surface area contributed by atoms with Gasteiger partial charge in [0.2, 0.25) is 17.6 Å². The van der Waals surface area contributed by atoms with E-state index in [1.54, 1.807) is 31.2 Å². The van der Waals surface area contributed by atoms with E-state index in [4.69, 9.17) is 0 Å². The Balaban J connectivity index is 1.99. The Labute approximate surface area is 131 Å². The Morgan fingerprint density at radius 1 is 1.22 bits per heavy atom. The van der Waals surface area contributed by atoms with Crippen LogP contribution in [0.1, 0.15) is 12.7 Å². The molecule has 0 spiro atoms. The van der Waals surface area contributed by atoms with Crippen molar-refractivity contribution in [3.8, 4) is 0 Å². The van der Waals surface area contributed by atoms with Crippen LogP contribution in [0.25, 0.3) is 0 Å². The van der Waals surface area contributed by atoms with E-state index in [0.29, 0.717) is 17.2 Å². The van der Waals surface area contributed by atoms with Gasteiger partial charge in [-0.25, -0.2) is 0 Å². The summed E-state index contributed by atoms with van der Waals surface area (Å²) < 4.78 is 1.40. The van der Waals surface area contributed by atoms with Crippen molar-refractivity contribution < 1.29 is 14.5 Å². The maximum Gasteiger partial charge on any atom is 0.381 e. The number of nitrogens with zero attached hydrogens (tertiary/aromatic N) is 3. The standard InChI is InChI=1S/C14H15N5O4/c1-9-15-13(19(22)23)7-18(9)8-14(21)17-12-5-3-11(4-6-12)16-10(2)20/h3-7H,8H2,1-2H3,(H,16,20)(H,17,21). The molecule has 1 aromatic heterocycles. The van der Waals surface area contributed by atoms with E-state index in [2.05, 4.69) is 15.6 Å². The van der Waals surface area contributed by atoms with Gasteiger partial charge in [-0.15, -0.1) is 0 Å². The van der Waals surface area contributed by atoms with Gasteiger partial charge in [-0.1, -0.05) is 0 Å². The highest BCUT2D eigenvalue weighted by Gasteiger charge is 2.16. The number of carbonyl (C=O) groups is 2. The predicted molar refractivity (Wildman–Crippen MR) is 83.0 cm³/mol. The first-order valence-corrected chi connectivity index (χ1v) is 6.71. The van der Waals surface area contributed by atoms with E-state index in [1.165, 1.54) is 17.7 Å². The fourth-order valence-corrected chi connectivity index (χ4v) is 1.94. The fraction of sp³-hybridized carbons (Fsp3) is 0.214. The summed E-state index contributed by atoms with van der Waals surface area (Å²) in [6, 6.07) is 6.60. The number of nitro groups is 1. The number of benzene rings is 1. The van der Waals surface area contributed by atoms with Crippen LogP contribution >= 0.6 is 0 Å². The minimum atomic E-state index is -0.609. The van der Waals surface area contributed by atoms with Crippen molar-refractivity contribution in [2.75, 3.05) is 10.6 Å². The molecule has 0 aliphatic rings. The average Bonchev–Trinajstić information content (AvgIpc) is 2.82. The molecule has 120 valence electrons. The van der Waals surface area contributed by atoms with Gasteiger partial charge in [-0.05, 0) is 34.2 Å². The third-order valence-electron chi connectivity index (χ3n) is 2.95. The summed E-state index contributed by atoms with van der Waals surface area (Å²) >= 11 is 0. The van der Waals surface area contributed by atoms with Crippen molar-refractivity contribution in [3.63, 3.8) is 0 Å². The lowest BCUT2D eigenvalue weighted by molar-refractivity contribution is -0.389. The first kappa shape index (κ1) is 16.1. The first-order chi connectivity index (χ1) is 10.8. The SMILES string of the molecule is CC(=O)Nc1ccc(NC(=O)Cn2cc([N+](=O)[O-])nc2C)cc1. The van der Waals surface area contributed by atoms with E-state index in [9.17, 15) is 19.7 Å². The first-order valence-electron chi connectivity index (χ1n) is 6.71. The Morgan fingerprint density at radius 2 is 1.78 bits per heavy atom. The van der Waals surface area contributed by atoms with Gasteiger partial charge in [0.05, 0.1) is 0 Å². The molecule has 2 N–H and O–H groups in total. The number of aromatic nitrogens is 2. The number of rotatable bonds is 5. The van der Waals surface area contributed by atoms with E-state index >= 15 is 0 Å². The van der Waals surface area contributed by atoms with Crippen LogP contribution in [0.2, 0.25) is 0 Å². The molecule has 0 bridgehead atoms. The molecule has 0 unspecified atom stereocenters. The summed E-state index contributed by atoms with van der Waals surface area (Å²) in [7, 11) is 0. The smallest absolute Gasteiger partial charge is 0.358 e. The number of carbonyl (C=O) groups excluding carboxylic acids is 2. The van der Waals surface area contributed by atoms with Crippen LogP contribution in [-0.4, -0.2) is 26.3 Å². The third kappa shape index (κ3) is 4.37. The van der Waals surface area contributed by atoms with Gasteiger partial charge in [-0.2, -0.15) is 0 Å². The molecule has 0 aliphatic carbocycles. The lowest BCUT2D eigenvalue weighted by Crippen LogP contribution is -2.19. The molecule has 9 heteroatoms. The van der Waals surface area contributed by atoms with Crippen molar-refractivity contribution in [2.45, 2.75) is 20.4 Å². The fourth-order valence-electron chi connectivity index (χ4n) is 1.94. The van der Waals surface area contributed by atoms with Crippen LogP contribution in [-0.2, 0) is 16.1 Å². The quantitative estimate of drug-likeness (QED) is 0.642. The maximum absolute atomic E-state index is 12.0. The Hall–Kier alpha value is -3.23. The second-order valence-electron chi connectivity index (χ2n) is 4.84. The van der Waals surface area contributed by atoms with E-state index in [1.807, 2.05) is 0 Å². The summed E-state index contributed by atoms with van der Waals surface area (Å²) in [6.07, 6.45) is 1.22. The molecule has 0 radical (unpaired) electrons. The number of imidazole rings is 1. The zero-order valence-corrected chi connectivity index (χ0v) is 12.6. The number of hydrogen-bond acceptors (Lipinski definition) is 5. The van der Waals surface area contributed by atoms with Gasteiger partial charge in [0.1, 0.15) is 12.7 Å². The average molecular weight is 317 g/mol. The van der Waals surface area contributed by atoms with Crippen LogP contribution in [0.4, 0.5) is 17.2 Å². The second-order valence-corrected chi connectivity index (χ2v) is 4.84.